The van der Waals surface area contributed by atoms with Crippen molar-refractivity contribution < 1.29 is 0 Å². The van der Waals surface area contributed by atoms with Crippen molar-refractivity contribution in [3.63, 3.8) is 0 Å². The maximum absolute atomic E-state index is 8.75. The molecule has 0 atom stereocenters. The fraction of sp³-hybridized carbons (Fsp3) is 0.300. The quantitative estimate of drug-likeness (QED) is 0.704. The third kappa shape index (κ3) is 2.28. The van der Waals surface area contributed by atoms with E-state index < -0.39 is 0 Å². The molecule has 1 aromatic carbocycles. The van der Waals surface area contributed by atoms with Gasteiger partial charge >= 0.3 is 0 Å². The molecular weight excluding hydrogens is 166 g/mol. The highest BCUT2D eigenvalue weighted by Gasteiger charge is 1.98. The molecule has 0 bridgehead atoms. The van der Waals surface area contributed by atoms with Crippen LogP contribution in [-0.4, -0.2) is 5.75 Å². The van der Waals surface area contributed by atoms with Crippen molar-refractivity contribution in [2.75, 3.05) is 5.75 Å². The summed E-state index contributed by atoms with van der Waals surface area (Å²) in [6.45, 7) is 0. The Morgan fingerprint density at radius 3 is 2.75 bits per heavy atom. The first-order chi connectivity index (χ1) is 5.88. The van der Waals surface area contributed by atoms with Crippen molar-refractivity contribution in [3.05, 3.63) is 35.4 Å². The molecule has 12 heavy (non-hydrogen) atoms. The molecule has 0 saturated heterocycles. The van der Waals surface area contributed by atoms with Gasteiger partial charge in [0.2, 0.25) is 0 Å². The van der Waals surface area contributed by atoms with Crippen LogP contribution in [-0.2, 0) is 6.42 Å². The first-order valence-corrected chi connectivity index (χ1v) is 4.60. The van der Waals surface area contributed by atoms with Gasteiger partial charge in [-0.25, -0.2) is 0 Å². The standard InChI is InChI=1S/C10H11NS/c11-8-10-5-2-1-4-9(10)6-3-7-12/h1-2,4-5,12H,3,6-7H2. The van der Waals surface area contributed by atoms with Crippen molar-refractivity contribution in [1.29, 1.82) is 5.26 Å². The highest BCUT2D eigenvalue weighted by Crippen LogP contribution is 2.09. The Hall–Kier alpha value is -0.940. The molecule has 0 amide bonds. The minimum atomic E-state index is 0.791. The summed E-state index contributed by atoms with van der Waals surface area (Å²) in [7, 11) is 0. The summed E-state index contributed by atoms with van der Waals surface area (Å²) in [6, 6.07) is 9.90. The lowest BCUT2D eigenvalue weighted by Crippen LogP contribution is -1.90. The van der Waals surface area contributed by atoms with Crippen LogP contribution in [0, 0.1) is 11.3 Å². The van der Waals surface area contributed by atoms with Crippen LogP contribution in [0.4, 0.5) is 0 Å². The van der Waals surface area contributed by atoms with Gasteiger partial charge in [-0.3, -0.25) is 0 Å². The number of aryl methyl sites for hydroxylation is 1. The molecule has 0 aliphatic heterocycles. The van der Waals surface area contributed by atoms with Gasteiger partial charge in [-0.1, -0.05) is 18.2 Å². The summed E-state index contributed by atoms with van der Waals surface area (Å²) in [6.07, 6.45) is 1.98. The number of hydrogen-bond donors (Lipinski definition) is 1. The summed E-state index contributed by atoms with van der Waals surface area (Å²) in [4.78, 5) is 0. The van der Waals surface area contributed by atoms with Crippen LogP contribution in [0.15, 0.2) is 24.3 Å². The van der Waals surface area contributed by atoms with Gasteiger partial charge in [0, 0.05) is 0 Å². The van der Waals surface area contributed by atoms with Crippen LogP contribution in [0.25, 0.3) is 0 Å². The van der Waals surface area contributed by atoms with E-state index in [4.69, 9.17) is 5.26 Å². The van der Waals surface area contributed by atoms with Gasteiger partial charge in [-0.05, 0) is 30.2 Å². The van der Waals surface area contributed by atoms with Gasteiger partial charge in [-0.2, -0.15) is 17.9 Å². The Bertz CT molecular complexity index is 288. The maximum Gasteiger partial charge on any atom is 0.0994 e. The van der Waals surface area contributed by atoms with E-state index in [0.29, 0.717) is 0 Å². The topological polar surface area (TPSA) is 23.8 Å². The van der Waals surface area contributed by atoms with Crippen LogP contribution in [0.2, 0.25) is 0 Å². The molecule has 0 heterocycles. The van der Waals surface area contributed by atoms with Gasteiger partial charge in [0.15, 0.2) is 0 Å². The molecule has 62 valence electrons. The van der Waals surface area contributed by atoms with Crippen molar-refractivity contribution in [2.24, 2.45) is 0 Å². The van der Waals surface area contributed by atoms with Gasteiger partial charge in [0.05, 0.1) is 11.6 Å². The molecule has 0 aliphatic carbocycles. The molecule has 0 aliphatic rings. The molecule has 0 spiro atoms. The fourth-order valence-corrected chi connectivity index (χ4v) is 1.28. The Labute approximate surface area is 78.4 Å². The van der Waals surface area contributed by atoms with Gasteiger partial charge in [-0.15, -0.1) is 0 Å². The van der Waals surface area contributed by atoms with Crippen LogP contribution < -0.4 is 0 Å². The normalized spacial score (nSPS) is 9.33. The maximum atomic E-state index is 8.75. The molecule has 0 fully saturated rings. The lowest BCUT2D eigenvalue weighted by Gasteiger charge is -2.00. The van der Waals surface area contributed by atoms with Gasteiger partial charge < -0.3 is 0 Å². The molecule has 1 nitrogen and oxygen atoms in total. The predicted molar refractivity (Wildman–Crippen MR) is 53.3 cm³/mol. The van der Waals surface area contributed by atoms with Crippen molar-refractivity contribution in [1.82, 2.24) is 0 Å². The average molecular weight is 177 g/mol. The molecular formula is C10H11NS. The Morgan fingerprint density at radius 1 is 1.33 bits per heavy atom. The summed E-state index contributed by atoms with van der Waals surface area (Å²) in [5.74, 6) is 0.875. The van der Waals surface area contributed by atoms with E-state index in [9.17, 15) is 0 Å². The number of nitrogens with zero attached hydrogens (tertiary/aromatic N) is 1. The molecule has 0 aromatic heterocycles. The largest absolute Gasteiger partial charge is 0.192 e. The second-order valence-electron chi connectivity index (χ2n) is 2.60. The molecule has 1 aromatic rings. The number of hydrogen-bond acceptors (Lipinski definition) is 2. The smallest absolute Gasteiger partial charge is 0.0994 e. The lowest BCUT2D eigenvalue weighted by molar-refractivity contribution is 0.932. The monoisotopic (exact) mass is 177 g/mol. The fourth-order valence-electron chi connectivity index (χ4n) is 1.12. The lowest BCUT2D eigenvalue weighted by atomic mass is 10.0. The Kier molecular flexibility index (Phi) is 3.69. The highest BCUT2D eigenvalue weighted by molar-refractivity contribution is 7.80. The van der Waals surface area contributed by atoms with Crippen molar-refractivity contribution in [3.8, 4) is 6.07 Å². The van der Waals surface area contributed by atoms with E-state index in [2.05, 4.69) is 18.7 Å². The molecule has 0 unspecified atom stereocenters. The van der Waals surface area contributed by atoms with Crippen LogP contribution >= 0.6 is 12.6 Å². The second kappa shape index (κ2) is 4.84. The summed E-state index contributed by atoms with van der Waals surface area (Å²) in [5.41, 5.74) is 1.92. The zero-order valence-electron chi connectivity index (χ0n) is 6.83. The summed E-state index contributed by atoms with van der Waals surface area (Å²) in [5, 5.41) is 8.75. The number of thiol groups is 1. The SMILES string of the molecule is N#Cc1ccccc1CCCS. The van der Waals surface area contributed by atoms with E-state index in [1.54, 1.807) is 0 Å². The molecule has 2 heteroatoms. The van der Waals surface area contributed by atoms with E-state index in [1.165, 1.54) is 0 Å². The van der Waals surface area contributed by atoms with E-state index >= 15 is 0 Å². The number of benzene rings is 1. The number of nitriles is 1. The first-order valence-electron chi connectivity index (χ1n) is 3.97. The Balaban J connectivity index is 2.77. The third-order valence-electron chi connectivity index (χ3n) is 1.74. The molecule has 0 radical (unpaired) electrons. The van der Waals surface area contributed by atoms with Crippen LogP contribution in [0.5, 0.6) is 0 Å². The summed E-state index contributed by atoms with van der Waals surface area (Å²) >= 11 is 4.13. The zero-order valence-corrected chi connectivity index (χ0v) is 7.72. The van der Waals surface area contributed by atoms with Gasteiger partial charge in [0.25, 0.3) is 0 Å². The minimum Gasteiger partial charge on any atom is -0.192 e. The van der Waals surface area contributed by atoms with Crippen LogP contribution in [0.1, 0.15) is 17.5 Å². The molecule has 0 N–H and O–H groups in total. The van der Waals surface area contributed by atoms with E-state index in [0.717, 1.165) is 29.7 Å². The highest BCUT2D eigenvalue weighted by atomic mass is 32.1. The first kappa shape index (κ1) is 9.15. The van der Waals surface area contributed by atoms with Crippen LogP contribution in [0.3, 0.4) is 0 Å². The van der Waals surface area contributed by atoms with E-state index in [1.807, 2.05) is 24.3 Å². The van der Waals surface area contributed by atoms with Gasteiger partial charge in [0.1, 0.15) is 0 Å². The molecule has 0 saturated carbocycles. The average Bonchev–Trinajstić information content (AvgIpc) is 2.15. The van der Waals surface area contributed by atoms with E-state index in [-0.39, 0.29) is 0 Å². The van der Waals surface area contributed by atoms with Crippen molar-refractivity contribution in [2.45, 2.75) is 12.8 Å². The zero-order chi connectivity index (χ0) is 8.81. The second-order valence-corrected chi connectivity index (χ2v) is 3.04. The third-order valence-corrected chi connectivity index (χ3v) is 2.06. The predicted octanol–water partition coefficient (Wildman–Crippen LogP) is 2.42. The molecule has 1 rings (SSSR count). The Morgan fingerprint density at radius 2 is 2.08 bits per heavy atom. The number of rotatable bonds is 3. The summed E-state index contributed by atoms with van der Waals surface area (Å²) < 4.78 is 0. The van der Waals surface area contributed by atoms with Crippen molar-refractivity contribution >= 4 is 12.6 Å². The minimum absolute atomic E-state index is 0.791.